The van der Waals surface area contributed by atoms with Gasteiger partial charge in [-0.2, -0.15) is 10.4 Å². The second-order valence-corrected chi connectivity index (χ2v) is 4.64. The SMILES string of the molecule is COc1c(C)cc(C)cc1-c1nn(C)c(=O)cc1C#N. The summed E-state index contributed by atoms with van der Waals surface area (Å²) in [5, 5.41) is 13.4. The Morgan fingerprint density at radius 1 is 1.30 bits per heavy atom. The van der Waals surface area contributed by atoms with Crippen LogP contribution >= 0.6 is 0 Å². The summed E-state index contributed by atoms with van der Waals surface area (Å²) in [6.07, 6.45) is 0. The van der Waals surface area contributed by atoms with E-state index in [4.69, 9.17) is 4.74 Å². The summed E-state index contributed by atoms with van der Waals surface area (Å²) in [7, 11) is 3.14. The predicted octanol–water partition coefficient (Wildman–Crippen LogP) is 1.94. The number of benzene rings is 1. The number of hydrogen-bond donors (Lipinski definition) is 0. The van der Waals surface area contributed by atoms with E-state index in [0.29, 0.717) is 11.4 Å². The van der Waals surface area contributed by atoms with Crippen LogP contribution in [0.4, 0.5) is 0 Å². The lowest BCUT2D eigenvalue weighted by Crippen LogP contribution is -2.20. The highest BCUT2D eigenvalue weighted by Crippen LogP contribution is 2.34. The molecule has 5 nitrogen and oxygen atoms in total. The molecule has 1 aromatic heterocycles. The smallest absolute Gasteiger partial charge is 0.267 e. The topological polar surface area (TPSA) is 67.9 Å². The molecule has 5 heteroatoms. The molecule has 0 saturated carbocycles. The fourth-order valence-corrected chi connectivity index (χ4v) is 2.22. The fraction of sp³-hybridized carbons (Fsp3) is 0.267. The normalized spacial score (nSPS) is 10.2. The lowest BCUT2D eigenvalue weighted by molar-refractivity contribution is 0.413. The minimum Gasteiger partial charge on any atom is -0.496 e. The van der Waals surface area contributed by atoms with Crippen LogP contribution in [0.25, 0.3) is 11.3 Å². The zero-order valence-corrected chi connectivity index (χ0v) is 11.9. The Labute approximate surface area is 117 Å². The monoisotopic (exact) mass is 269 g/mol. The molecule has 0 amide bonds. The molecule has 2 rings (SSSR count). The number of aromatic nitrogens is 2. The molecule has 0 aliphatic carbocycles. The van der Waals surface area contributed by atoms with Crippen molar-refractivity contribution in [3.8, 4) is 23.1 Å². The first-order valence-electron chi connectivity index (χ1n) is 6.12. The van der Waals surface area contributed by atoms with Gasteiger partial charge in [-0.25, -0.2) is 4.68 Å². The second-order valence-electron chi connectivity index (χ2n) is 4.64. The van der Waals surface area contributed by atoms with Crippen molar-refractivity contribution in [1.29, 1.82) is 5.26 Å². The van der Waals surface area contributed by atoms with Gasteiger partial charge in [0.1, 0.15) is 17.5 Å². The lowest BCUT2D eigenvalue weighted by Gasteiger charge is -2.13. The van der Waals surface area contributed by atoms with E-state index in [0.717, 1.165) is 16.7 Å². The summed E-state index contributed by atoms with van der Waals surface area (Å²) in [6.45, 7) is 3.90. The van der Waals surface area contributed by atoms with Crippen molar-refractivity contribution in [2.75, 3.05) is 7.11 Å². The molecule has 0 bridgehead atoms. The van der Waals surface area contributed by atoms with E-state index in [2.05, 4.69) is 5.10 Å². The van der Waals surface area contributed by atoms with Crippen molar-refractivity contribution in [3.05, 3.63) is 45.2 Å². The van der Waals surface area contributed by atoms with Gasteiger partial charge in [-0.05, 0) is 31.0 Å². The minimum absolute atomic E-state index is 0.247. The predicted molar refractivity (Wildman–Crippen MR) is 75.7 cm³/mol. The highest BCUT2D eigenvalue weighted by atomic mass is 16.5. The molecule has 0 saturated heterocycles. The standard InChI is InChI=1S/C15H15N3O2/c1-9-5-10(2)15(20-4)12(6-9)14-11(8-16)7-13(19)18(3)17-14/h5-7H,1-4H3. The second kappa shape index (κ2) is 5.17. The van der Waals surface area contributed by atoms with E-state index in [-0.39, 0.29) is 11.1 Å². The number of ether oxygens (including phenoxy) is 1. The largest absolute Gasteiger partial charge is 0.496 e. The lowest BCUT2D eigenvalue weighted by atomic mass is 10.0. The highest BCUT2D eigenvalue weighted by molar-refractivity contribution is 5.74. The van der Waals surface area contributed by atoms with Gasteiger partial charge in [-0.15, -0.1) is 0 Å². The van der Waals surface area contributed by atoms with Crippen LogP contribution in [0.1, 0.15) is 16.7 Å². The third-order valence-electron chi connectivity index (χ3n) is 3.09. The molecule has 0 unspecified atom stereocenters. The van der Waals surface area contributed by atoms with Crippen LogP contribution in [0.2, 0.25) is 0 Å². The Bertz CT molecular complexity index is 770. The Morgan fingerprint density at radius 3 is 2.60 bits per heavy atom. The van der Waals surface area contributed by atoms with Crippen LogP contribution in [-0.4, -0.2) is 16.9 Å². The summed E-state index contributed by atoms with van der Waals surface area (Å²) >= 11 is 0. The first-order chi connectivity index (χ1) is 9.47. The molecule has 2 aromatic rings. The van der Waals surface area contributed by atoms with E-state index in [1.165, 1.54) is 10.7 Å². The van der Waals surface area contributed by atoms with E-state index < -0.39 is 0 Å². The molecule has 20 heavy (non-hydrogen) atoms. The minimum atomic E-state index is -0.311. The maximum atomic E-state index is 11.6. The molecule has 0 N–H and O–H groups in total. The van der Waals surface area contributed by atoms with Crippen molar-refractivity contribution in [3.63, 3.8) is 0 Å². The average Bonchev–Trinajstić information content (AvgIpc) is 2.40. The molecule has 0 atom stereocenters. The highest BCUT2D eigenvalue weighted by Gasteiger charge is 2.16. The quantitative estimate of drug-likeness (QED) is 0.835. The molecule has 0 aliphatic heterocycles. The number of hydrogen-bond acceptors (Lipinski definition) is 4. The fourth-order valence-electron chi connectivity index (χ4n) is 2.22. The summed E-state index contributed by atoms with van der Waals surface area (Å²) in [6, 6.07) is 7.21. The number of nitriles is 1. The van der Waals surface area contributed by atoms with Gasteiger partial charge < -0.3 is 4.74 Å². The Hall–Kier alpha value is -2.61. The third-order valence-corrected chi connectivity index (χ3v) is 3.09. The van der Waals surface area contributed by atoms with Gasteiger partial charge in [0.15, 0.2) is 0 Å². The summed E-state index contributed by atoms with van der Waals surface area (Å²) in [5.41, 5.74) is 3.11. The van der Waals surface area contributed by atoms with Gasteiger partial charge >= 0.3 is 0 Å². The molecule has 0 fully saturated rings. The molecule has 1 aromatic carbocycles. The van der Waals surface area contributed by atoms with Crippen molar-refractivity contribution in [2.45, 2.75) is 13.8 Å². The van der Waals surface area contributed by atoms with E-state index in [9.17, 15) is 10.1 Å². The molecule has 1 heterocycles. The number of rotatable bonds is 2. The Kier molecular flexibility index (Phi) is 3.57. The number of aryl methyl sites for hydroxylation is 3. The van der Waals surface area contributed by atoms with Crippen LogP contribution < -0.4 is 10.3 Å². The summed E-state index contributed by atoms with van der Waals surface area (Å²) in [4.78, 5) is 11.6. The molecular weight excluding hydrogens is 254 g/mol. The average molecular weight is 269 g/mol. The maximum absolute atomic E-state index is 11.6. The van der Waals surface area contributed by atoms with E-state index in [1.54, 1.807) is 14.2 Å². The van der Waals surface area contributed by atoms with Crippen LogP contribution in [0.15, 0.2) is 23.0 Å². The zero-order chi connectivity index (χ0) is 14.9. The first kappa shape index (κ1) is 13.8. The molecule has 0 spiro atoms. The Balaban J connectivity index is 2.84. The summed E-state index contributed by atoms with van der Waals surface area (Å²) < 4.78 is 6.63. The summed E-state index contributed by atoms with van der Waals surface area (Å²) in [5.74, 6) is 0.665. The van der Waals surface area contributed by atoms with Crippen molar-refractivity contribution >= 4 is 0 Å². The molecule has 0 aliphatic rings. The van der Waals surface area contributed by atoms with E-state index >= 15 is 0 Å². The van der Waals surface area contributed by atoms with Crippen molar-refractivity contribution in [2.24, 2.45) is 7.05 Å². The first-order valence-corrected chi connectivity index (χ1v) is 6.12. The van der Waals surface area contributed by atoms with Gasteiger partial charge in [0.25, 0.3) is 5.56 Å². The van der Waals surface area contributed by atoms with E-state index in [1.807, 2.05) is 32.0 Å². The Morgan fingerprint density at radius 2 is 2.00 bits per heavy atom. The molecular formula is C15H15N3O2. The van der Waals surface area contributed by atoms with Crippen LogP contribution in [0.5, 0.6) is 5.75 Å². The van der Waals surface area contributed by atoms with Crippen LogP contribution in [-0.2, 0) is 7.05 Å². The zero-order valence-electron chi connectivity index (χ0n) is 11.9. The van der Waals surface area contributed by atoms with Gasteiger partial charge in [-0.1, -0.05) is 6.07 Å². The third kappa shape index (κ3) is 2.28. The van der Waals surface area contributed by atoms with Crippen LogP contribution in [0.3, 0.4) is 0 Å². The van der Waals surface area contributed by atoms with Crippen LogP contribution in [0, 0.1) is 25.2 Å². The van der Waals surface area contributed by atoms with Crippen molar-refractivity contribution < 1.29 is 4.74 Å². The number of nitrogens with zero attached hydrogens (tertiary/aromatic N) is 3. The maximum Gasteiger partial charge on any atom is 0.267 e. The molecule has 0 radical (unpaired) electrons. The van der Waals surface area contributed by atoms with Gasteiger partial charge in [0.05, 0.1) is 12.7 Å². The van der Waals surface area contributed by atoms with Crippen molar-refractivity contribution in [1.82, 2.24) is 9.78 Å². The van der Waals surface area contributed by atoms with Gasteiger partial charge in [-0.3, -0.25) is 4.79 Å². The van der Waals surface area contributed by atoms with Gasteiger partial charge in [0, 0.05) is 18.7 Å². The number of methoxy groups -OCH3 is 1. The van der Waals surface area contributed by atoms with Gasteiger partial charge in [0.2, 0.25) is 0 Å². The molecule has 102 valence electrons.